The van der Waals surface area contributed by atoms with Crippen LogP contribution in [-0.2, 0) is 4.74 Å². The van der Waals surface area contributed by atoms with Gasteiger partial charge in [0, 0.05) is 32.7 Å². The predicted octanol–water partition coefficient (Wildman–Crippen LogP) is 2.76. The zero-order valence-corrected chi connectivity index (χ0v) is 17.4. The summed E-state index contributed by atoms with van der Waals surface area (Å²) in [6.45, 7) is 9.38. The molecule has 2 saturated heterocycles. The Morgan fingerprint density at radius 3 is 2.75 bits per heavy atom. The van der Waals surface area contributed by atoms with E-state index in [0.717, 1.165) is 98.2 Å². The van der Waals surface area contributed by atoms with E-state index in [1.807, 2.05) is 11.8 Å². The molecule has 4 heterocycles. The molecule has 4 rings (SSSR count). The number of carbonyl (C=O) groups excluding carboxylic acids is 1. The van der Waals surface area contributed by atoms with Crippen LogP contribution in [0.3, 0.4) is 0 Å². The van der Waals surface area contributed by atoms with Crippen molar-refractivity contribution >= 4 is 33.3 Å². The van der Waals surface area contributed by atoms with Crippen molar-refractivity contribution in [2.24, 2.45) is 0 Å². The lowest BCUT2D eigenvalue weighted by molar-refractivity contribution is 0.0378. The first kappa shape index (κ1) is 19.5. The minimum Gasteiger partial charge on any atom is -0.379 e. The molecule has 28 heavy (non-hydrogen) atoms. The van der Waals surface area contributed by atoms with Crippen LogP contribution in [0.2, 0.25) is 0 Å². The summed E-state index contributed by atoms with van der Waals surface area (Å²) in [5, 5.41) is 4.47. The lowest BCUT2D eigenvalue weighted by atomic mass is 10.1. The molecule has 2 aliphatic rings. The molecular weight excluding hydrogens is 374 g/mol. The number of hydrogen-bond acceptors (Lipinski definition) is 7. The molecule has 1 amide bonds. The van der Waals surface area contributed by atoms with E-state index in [4.69, 9.17) is 4.74 Å². The fourth-order valence-corrected chi connectivity index (χ4v) is 5.10. The quantitative estimate of drug-likeness (QED) is 0.748. The number of amides is 1. The zero-order chi connectivity index (χ0) is 19.3. The summed E-state index contributed by atoms with van der Waals surface area (Å²) in [6, 6.07) is 0. The van der Waals surface area contributed by atoms with Gasteiger partial charge >= 0.3 is 0 Å². The summed E-state index contributed by atoms with van der Waals surface area (Å²) in [5.41, 5.74) is 1.01. The molecule has 0 aliphatic carbocycles. The number of anilines is 1. The van der Waals surface area contributed by atoms with E-state index in [1.54, 1.807) is 6.33 Å². The van der Waals surface area contributed by atoms with Gasteiger partial charge in [0.2, 0.25) is 0 Å². The fraction of sp³-hybridized carbons (Fsp3) is 0.650. The van der Waals surface area contributed by atoms with Gasteiger partial charge in [0.25, 0.3) is 5.91 Å². The number of rotatable bonds is 6. The summed E-state index contributed by atoms with van der Waals surface area (Å²) >= 11 is 1.50. The molecule has 2 aromatic rings. The van der Waals surface area contributed by atoms with Crippen LogP contribution in [0.5, 0.6) is 0 Å². The van der Waals surface area contributed by atoms with E-state index >= 15 is 0 Å². The second kappa shape index (κ2) is 9.15. The van der Waals surface area contributed by atoms with Gasteiger partial charge in [-0.1, -0.05) is 0 Å². The van der Waals surface area contributed by atoms with E-state index in [0.29, 0.717) is 0 Å². The smallest absolute Gasteiger partial charge is 0.264 e. The minimum absolute atomic E-state index is 0.151. The standard InChI is InChI=1S/C20H29N5O2S/c1-15-16-18(21-6-5-7-24-10-12-27-13-11-24)22-14-23-19(16)28-17(15)20(26)25-8-3-2-4-9-25/h14H,2-13H2,1H3,(H,21,22,23). The topological polar surface area (TPSA) is 70.6 Å². The monoisotopic (exact) mass is 403 g/mol. The average molecular weight is 404 g/mol. The Hall–Kier alpha value is -1.77. The number of fused-ring (bicyclic) bond motifs is 1. The summed E-state index contributed by atoms with van der Waals surface area (Å²) in [6.07, 6.45) is 6.07. The molecule has 0 aromatic carbocycles. The van der Waals surface area contributed by atoms with Gasteiger partial charge in [-0.3, -0.25) is 9.69 Å². The number of aryl methyl sites for hydroxylation is 1. The molecule has 0 radical (unpaired) electrons. The van der Waals surface area contributed by atoms with Crippen molar-refractivity contribution in [2.75, 3.05) is 57.8 Å². The van der Waals surface area contributed by atoms with Gasteiger partial charge in [-0.2, -0.15) is 0 Å². The zero-order valence-electron chi connectivity index (χ0n) is 16.6. The van der Waals surface area contributed by atoms with Gasteiger partial charge in [-0.05, 0) is 44.7 Å². The third-order valence-electron chi connectivity index (χ3n) is 5.61. The van der Waals surface area contributed by atoms with Crippen molar-refractivity contribution in [2.45, 2.75) is 32.6 Å². The van der Waals surface area contributed by atoms with Crippen LogP contribution in [-0.4, -0.2) is 78.2 Å². The number of nitrogens with zero attached hydrogens (tertiary/aromatic N) is 4. The highest BCUT2D eigenvalue weighted by Gasteiger charge is 2.24. The number of hydrogen-bond donors (Lipinski definition) is 1. The van der Waals surface area contributed by atoms with Crippen LogP contribution in [0.1, 0.15) is 40.9 Å². The highest BCUT2D eigenvalue weighted by molar-refractivity contribution is 7.20. The highest BCUT2D eigenvalue weighted by Crippen LogP contribution is 2.34. The van der Waals surface area contributed by atoms with Crippen LogP contribution in [0.4, 0.5) is 5.82 Å². The molecule has 0 unspecified atom stereocenters. The number of likely N-dealkylation sites (tertiary alicyclic amines) is 1. The Balaban J connectivity index is 1.43. The Morgan fingerprint density at radius 1 is 1.18 bits per heavy atom. The Bertz CT molecular complexity index is 812. The number of ether oxygens (including phenoxy) is 1. The molecule has 2 aromatic heterocycles. The molecule has 0 spiro atoms. The maximum absolute atomic E-state index is 13.0. The number of aromatic nitrogens is 2. The Morgan fingerprint density at radius 2 is 1.96 bits per heavy atom. The average Bonchev–Trinajstić information content (AvgIpc) is 3.09. The van der Waals surface area contributed by atoms with E-state index in [1.165, 1.54) is 17.8 Å². The summed E-state index contributed by atoms with van der Waals surface area (Å²) in [5.74, 6) is 0.997. The summed E-state index contributed by atoms with van der Waals surface area (Å²) < 4.78 is 5.40. The lowest BCUT2D eigenvalue weighted by Crippen LogP contribution is -2.37. The molecule has 0 bridgehead atoms. The summed E-state index contributed by atoms with van der Waals surface area (Å²) in [7, 11) is 0. The SMILES string of the molecule is Cc1c(C(=O)N2CCCCC2)sc2ncnc(NCCCN3CCOCC3)c12. The van der Waals surface area contributed by atoms with Gasteiger partial charge in [-0.15, -0.1) is 11.3 Å². The molecule has 7 nitrogen and oxygen atoms in total. The first-order chi connectivity index (χ1) is 13.7. The molecule has 152 valence electrons. The Labute approximate surface area is 170 Å². The molecule has 2 fully saturated rings. The van der Waals surface area contributed by atoms with Gasteiger partial charge in [0.15, 0.2) is 0 Å². The third-order valence-corrected chi connectivity index (χ3v) is 6.80. The van der Waals surface area contributed by atoms with Gasteiger partial charge in [0.1, 0.15) is 17.0 Å². The summed E-state index contributed by atoms with van der Waals surface area (Å²) in [4.78, 5) is 28.0. The number of piperidine rings is 1. The van der Waals surface area contributed by atoms with E-state index in [2.05, 4.69) is 20.2 Å². The Kier molecular flexibility index (Phi) is 6.39. The predicted molar refractivity (Wildman–Crippen MR) is 112 cm³/mol. The molecule has 1 N–H and O–H groups in total. The first-order valence-electron chi connectivity index (χ1n) is 10.3. The van der Waals surface area contributed by atoms with Crippen molar-refractivity contribution in [1.82, 2.24) is 19.8 Å². The number of nitrogens with one attached hydrogen (secondary N) is 1. The van der Waals surface area contributed by atoms with Crippen molar-refractivity contribution in [3.05, 3.63) is 16.8 Å². The third kappa shape index (κ3) is 4.29. The van der Waals surface area contributed by atoms with Gasteiger partial charge in [0.05, 0.1) is 23.5 Å². The van der Waals surface area contributed by atoms with E-state index < -0.39 is 0 Å². The van der Waals surface area contributed by atoms with E-state index in [9.17, 15) is 4.79 Å². The van der Waals surface area contributed by atoms with Crippen LogP contribution in [0.25, 0.3) is 10.2 Å². The normalized spacial score (nSPS) is 18.5. The van der Waals surface area contributed by atoms with E-state index in [-0.39, 0.29) is 5.91 Å². The largest absolute Gasteiger partial charge is 0.379 e. The number of morpholine rings is 1. The van der Waals surface area contributed by atoms with Crippen LogP contribution >= 0.6 is 11.3 Å². The van der Waals surface area contributed by atoms with Crippen LogP contribution < -0.4 is 5.32 Å². The number of thiophene rings is 1. The second-order valence-corrected chi connectivity index (χ2v) is 8.54. The highest BCUT2D eigenvalue weighted by atomic mass is 32.1. The molecule has 0 saturated carbocycles. The van der Waals surface area contributed by atoms with Crippen molar-refractivity contribution in [1.29, 1.82) is 0 Å². The molecular formula is C20H29N5O2S. The minimum atomic E-state index is 0.151. The maximum Gasteiger partial charge on any atom is 0.264 e. The first-order valence-corrected chi connectivity index (χ1v) is 11.1. The fourth-order valence-electron chi connectivity index (χ4n) is 3.98. The lowest BCUT2D eigenvalue weighted by Gasteiger charge is -2.26. The van der Waals surface area contributed by atoms with Crippen molar-refractivity contribution < 1.29 is 9.53 Å². The molecule has 8 heteroatoms. The van der Waals surface area contributed by atoms with Gasteiger partial charge in [-0.25, -0.2) is 9.97 Å². The number of carbonyl (C=O) groups is 1. The van der Waals surface area contributed by atoms with Crippen LogP contribution in [0, 0.1) is 6.92 Å². The molecule has 2 aliphatic heterocycles. The van der Waals surface area contributed by atoms with Crippen molar-refractivity contribution in [3.63, 3.8) is 0 Å². The van der Waals surface area contributed by atoms with Gasteiger partial charge < -0.3 is 15.0 Å². The second-order valence-electron chi connectivity index (χ2n) is 7.55. The maximum atomic E-state index is 13.0. The molecule has 0 atom stereocenters. The van der Waals surface area contributed by atoms with Crippen molar-refractivity contribution in [3.8, 4) is 0 Å². The van der Waals surface area contributed by atoms with Crippen LogP contribution in [0.15, 0.2) is 6.33 Å².